The van der Waals surface area contributed by atoms with Crippen LogP contribution in [0.25, 0.3) is 11.1 Å². The van der Waals surface area contributed by atoms with E-state index >= 15 is 0 Å². The summed E-state index contributed by atoms with van der Waals surface area (Å²) in [6, 6.07) is 28.7. The van der Waals surface area contributed by atoms with Gasteiger partial charge in [0.2, 0.25) is 0 Å². The zero-order chi connectivity index (χ0) is 26.4. The predicted molar refractivity (Wildman–Crippen MR) is 144 cm³/mol. The van der Waals surface area contributed by atoms with Gasteiger partial charge in [0.15, 0.2) is 0 Å². The first kappa shape index (κ1) is 23.1. The molecule has 0 aliphatic heterocycles. The molecule has 6 rings (SSSR count). The van der Waals surface area contributed by atoms with Crippen molar-refractivity contribution in [3.8, 4) is 51.7 Å². The smallest absolute Gasteiger partial charge is 0.123 e. The highest BCUT2D eigenvalue weighted by molar-refractivity contribution is 5.92. The average Bonchev–Trinajstić information content (AvgIpc) is 3.22. The molecular formula is C33H22O5. The lowest BCUT2D eigenvalue weighted by Gasteiger charge is -2.34. The van der Waals surface area contributed by atoms with Gasteiger partial charge in [-0.15, -0.1) is 0 Å². The lowest BCUT2D eigenvalue weighted by atomic mass is 9.66. The zero-order valence-corrected chi connectivity index (χ0v) is 20.1. The fraction of sp³-hybridized carbons (Fsp3) is 0.0303. The number of fused-ring (bicyclic) bond motifs is 3. The van der Waals surface area contributed by atoms with Crippen LogP contribution in [-0.2, 0) is 5.41 Å². The molecular weight excluding hydrogens is 476 g/mol. The van der Waals surface area contributed by atoms with Crippen LogP contribution in [0, 0.1) is 11.8 Å². The number of rotatable bonds is 2. The minimum Gasteiger partial charge on any atom is -0.508 e. The first-order chi connectivity index (χ1) is 18.4. The molecule has 38 heavy (non-hydrogen) atoms. The molecule has 0 saturated heterocycles. The fourth-order valence-corrected chi connectivity index (χ4v) is 5.43. The Morgan fingerprint density at radius 2 is 1.03 bits per heavy atom. The van der Waals surface area contributed by atoms with Gasteiger partial charge in [-0.1, -0.05) is 42.2 Å². The second-order valence-corrected chi connectivity index (χ2v) is 9.25. The standard InChI is InChI=1S/C33H22O5/c34-24-10-2-20(3-11-24)1-4-21-5-18-30(38)31-28-17-16-27(37)19-29(28)33(32(21)31,22-6-12-25(35)13-7-22)23-8-14-26(36)15-9-23/h2-3,5-19,34-38H. The molecule has 0 aromatic heterocycles. The Morgan fingerprint density at radius 3 is 1.61 bits per heavy atom. The highest BCUT2D eigenvalue weighted by Crippen LogP contribution is 2.60. The molecule has 5 N–H and O–H groups in total. The largest absolute Gasteiger partial charge is 0.508 e. The Kier molecular flexibility index (Phi) is 5.25. The first-order valence-electron chi connectivity index (χ1n) is 12.0. The maximum Gasteiger partial charge on any atom is 0.123 e. The van der Waals surface area contributed by atoms with E-state index in [-0.39, 0.29) is 28.7 Å². The summed E-state index contributed by atoms with van der Waals surface area (Å²) >= 11 is 0. The molecule has 5 aromatic rings. The van der Waals surface area contributed by atoms with Crippen LogP contribution in [0.4, 0.5) is 0 Å². The van der Waals surface area contributed by atoms with Crippen molar-refractivity contribution in [2.75, 3.05) is 0 Å². The van der Waals surface area contributed by atoms with Gasteiger partial charge < -0.3 is 25.5 Å². The number of hydrogen-bond acceptors (Lipinski definition) is 5. The Hall–Kier alpha value is -5.34. The van der Waals surface area contributed by atoms with Gasteiger partial charge in [-0.2, -0.15) is 0 Å². The monoisotopic (exact) mass is 498 g/mol. The molecule has 0 amide bonds. The SMILES string of the molecule is Oc1ccc(C#Cc2ccc(O)c3c2C(c2ccc(O)cc2)(c2ccc(O)cc2)c2cc(O)ccc2-3)cc1. The summed E-state index contributed by atoms with van der Waals surface area (Å²) in [4.78, 5) is 0. The van der Waals surface area contributed by atoms with Crippen LogP contribution in [0.15, 0.2) is 103 Å². The van der Waals surface area contributed by atoms with Crippen molar-refractivity contribution >= 4 is 0 Å². The first-order valence-corrected chi connectivity index (χ1v) is 12.0. The van der Waals surface area contributed by atoms with Crippen molar-refractivity contribution in [1.82, 2.24) is 0 Å². The van der Waals surface area contributed by atoms with Gasteiger partial charge in [-0.05, 0) is 101 Å². The molecule has 0 bridgehead atoms. The molecule has 0 heterocycles. The van der Waals surface area contributed by atoms with E-state index in [1.165, 1.54) is 0 Å². The highest BCUT2D eigenvalue weighted by Gasteiger charge is 2.48. The van der Waals surface area contributed by atoms with E-state index in [0.29, 0.717) is 16.7 Å². The Labute approximate surface area is 219 Å². The van der Waals surface area contributed by atoms with E-state index in [9.17, 15) is 25.5 Å². The van der Waals surface area contributed by atoms with Crippen molar-refractivity contribution in [3.05, 3.63) is 137 Å². The van der Waals surface area contributed by atoms with Crippen LogP contribution >= 0.6 is 0 Å². The Bertz CT molecular complexity index is 1690. The van der Waals surface area contributed by atoms with Gasteiger partial charge >= 0.3 is 0 Å². The lowest BCUT2D eigenvalue weighted by Crippen LogP contribution is -2.29. The molecule has 0 spiro atoms. The minimum atomic E-state index is -1.04. The van der Waals surface area contributed by atoms with Crippen LogP contribution in [0.2, 0.25) is 0 Å². The molecule has 5 aromatic carbocycles. The van der Waals surface area contributed by atoms with E-state index in [4.69, 9.17) is 0 Å². The molecule has 5 heteroatoms. The van der Waals surface area contributed by atoms with Crippen LogP contribution < -0.4 is 0 Å². The van der Waals surface area contributed by atoms with Crippen LogP contribution in [0.5, 0.6) is 28.7 Å². The van der Waals surface area contributed by atoms with Crippen LogP contribution in [0.3, 0.4) is 0 Å². The number of hydrogen-bond donors (Lipinski definition) is 5. The van der Waals surface area contributed by atoms with Crippen LogP contribution in [0.1, 0.15) is 33.4 Å². The molecule has 1 aliphatic carbocycles. The number of benzene rings is 5. The third-order valence-electron chi connectivity index (χ3n) is 7.04. The minimum absolute atomic E-state index is 0.0645. The van der Waals surface area contributed by atoms with Crippen LogP contribution in [-0.4, -0.2) is 25.5 Å². The Morgan fingerprint density at radius 1 is 0.500 bits per heavy atom. The van der Waals surface area contributed by atoms with E-state index in [0.717, 1.165) is 27.8 Å². The van der Waals surface area contributed by atoms with E-state index < -0.39 is 5.41 Å². The second-order valence-electron chi connectivity index (χ2n) is 9.25. The summed E-state index contributed by atoms with van der Waals surface area (Å²) in [6.07, 6.45) is 0. The van der Waals surface area contributed by atoms with Gasteiger partial charge in [0.05, 0.1) is 5.41 Å². The summed E-state index contributed by atoms with van der Waals surface area (Å²) < 4.78 is 0. The van der Waals surface area contributed by atoms with E-state index in [1.807, 2.05) is 24.3 Å². The summed E-state index contributed by atoms with van der Waals surface area (Å²) in [5.41, 5.74) is 4.68. The van der Waals surface area contributed by atoms with E-state index in [2.05, 4.69) is 11.8 Å². The molecule has 5 nitrogen and oxygen atoms in total. The highest BCUT2D eigenvalue weighted by atomic mass is 16.3. The summed E-state index contributed by atoms with van der Waals surface area (Å²) in [5.74, 6) is 6.92. The van der Waals surface area contributed by atoms with Crippen molar-refractivity contribution < 1.29 is 25.5 Å². The molecule has 0 saturated carbocycles. The van der Waals surface area contributed by atoms with Gasteiger partial charge in [0, 0.05) is 16.7 Å². The molecule has 0 fully saturated rings. The molecule has 184 valence electrons. The summed E-state index contributed by atoms with van der Waals surface area (Å²) in [7, 11) is 0. The number of phenolic OH excluding ortho intramolecular Hbond substituents is 5. The quantitative estimate of drug-likeness (QED) is 0.189. The molecule has 0 unspecified atom stereocenters. The van der Waals surface area contributed by atoms with Gasteiger partial charge in [0.25, 0.3) is 0 Å². The predicted octanol–water partition coefficient (Wildman–Crippen LogP) is 5.98. The van der Waals surface area contributed by atoms with Crippen molar-refractivity contribution in [1.29, 1.82) is 0 Å². The normalized spacial score (nSPS) is 12.7. The fourth-order valence-electron chi connectivity index (χ4n) is 5.43. The van der Waals surface area contributed by atoms with Gasteiger partial charge in [0.1, 0.15) is 28.7 Å². The van der Waals surface area contributed by atoms with Crippen molar-refractivity contribution in [2.45, 2.75) is 5.41 Å². The third kappa shape index (κ3) is 3.51. The number of aromatic hydroxyl groups is 5. The van der Waals surface area contributed by atoms with Gasteiger partial charge in [-0.3, -0.25) is 0 Å². The zero-order valence-electron chi connectivity index (χ0n) is 20.1. The Balaban J connectivity index is 1.75. The molecule has 0 atom stereocenters. The second kappa shape index (κ2) is 8.65. The molecule has 1 aliphatic rings. The molecule has 0 radical (unpaired) electrons. The average molecular weight is 499 g/mol. The summed E-state index contributed by atoms with van der Waals surface area (Å²) in [5, 5.41) is 51.6. The third-order valence-corrected chi connectivity index (χ3v) is 7.04. The van der Waals surface area contributed by atoms with Crippen molar-refractivity contribution in [2.24, 2.45) is 0 Å². The van der Waals surface area contributed by atoms with E-state index in [1.54, 1.807) is 78.9 Å². The van der Waals surface area contributed by atoms with Crippen molar-refractivity contribution in [3.63, 3.8) is 0 Å². The number of phenols is 5. The summed E-state index contributed by atoms with van der Waals surface area (Å²) in [6.45, 7) is 0. The topological polar surface area (TPSA) is 101 Å². The maximum absolute atomic E-state index is 11.2. The lowest BCUT2D eigenvalue weighted by molar-refractivity contribution is 0.472. The maximum atomic E-state index is 11.2. The van der Waals surface area contributed by atoms with Gasteiger partial charge in [-0.25, -0.2) is 0 Å².